The standard InChI is InChI=1S/CH2O3.2Li/c2-1(3)4;;/h(H2,2,3,4);;/q;2*+1/p-2/i1+1;;. The van der Waals surface area contributed by atoms with E-state index in [9.17, 15) is 0 Å². The van der Waals surface area contributed by atoms with E-state index >= 15 is 0 Å². The third-order valence-corrected chi connectivity index (χ3v) is 0. The fourth-order valence-corrected chi connectivity index (χ4v) is 0. The molecule has 0 saturated heterocycles. The summed E-state index contributed by atoms with van der Waals surface area (Å²) in [5.41, 5.74) is 0. The van der Waals surface area contributed by atoms with Crippen LogP contribution in [0.15, 0.2) is 0 Å². The topological polar surface area (TPSA) is 63.2 Å². The molecule has 0 bridgehead atoms. The number of carbonyl (C=O) groups is 1. The van der Waals surface area contributed by atoms with E-state index in [4.69, 9.17) is 15.0 Å². The van der Waals surface area contributed by atoms with Crippen LogP contribution in [-0.4, -0.2) is 6.16 Å². The van der Waals surface area contributed by atoms with Gasteiger partial charge in [0.05, 0.1) is 0 Å². The van der Waals surface area contributed by atoms with E-state index in [0.717, 1.165) is 0 Å². The smallest absolute Gasteiger partial charge is 0.652 e. The molecule has 0 unspecified atom stereocenters. The Hall–Kier alpha value is 0.465. The number of hydrogen-bond acceptors (Lipinski definition) is 3. The van der Waals surface area contributed by atoms with Crippen molar-refractivity contribution in [2.45, 2.75) is 0 Å². The molecule has 0 aliphatic heterocycles. The normalized spacial score (nSPS) is 4.00. The molecule has 0 heterocycles. The van der Waals surface area contributed by atoms with Crippen LogP contribution in [0.4, 0.5) is 4.79 Å². The molecule has 0 radical (unpaired) electrons. The van der Waals surface area contributed by atoms with Crippen molar-refractivity contribution in [1.82, 2.24) is 0 Å². The van der Waals surface area contributed by atoms with Crippen LogP contribution in [0.5, 0.6) is 0 Å². The van der Waals surface area contributed by atoms with Gasteiger partial charge in [0, 0.05) is 0 Å². The van der Waals surface area contributed by atoms with Crippen LogP contribution < -0.4 is 47.9 Å². The Morgan fingerprint density at radius 3 is 1.17 bits per heavy atom. The minimum atomic E-state index is -2.33. The van der Waals surface area contributed by atoms with Gasteiger partial charge >= 0.3 is 37.7 Å². The fraction of sp³-hybridized carbons (Fsp3) is 0. The first-order valence-corrected chi connectivity index (χ1v) is 0.612. The summed E-state index contributed by atoms with van der Waals surface area (Å²) in [5, 5.41) is 16.7. The minimum Gasteiger partial charge on any atom is -0.652 e. The molecule has 3 nitrogen and oxygen atoms in total. The Labute approximate surface area is 59.1 Å². The van der Waals surface area contributed by atoms with Gasteiger partial charge in [0.15, 0.2) is 0 Å². The molecule has 0 aromatic rings. The van der Waals surface area contributed by atoms with Crippen LogP contribution in [0, 0.1) is 0 Å². The number of hydrogen-bond donors (Lipinski definition) is 0. The van der Waals surface area contributed by atoms with Crippen molar-refractivity contribution < 1.29 is 52.7 Å². The molecule has 0 fully saturated rings. The van der Waals surface area contributed by atoms with Gasteiger partial charge in [-0.3, -0.25) is 0 Å². The van der Waals surface area contributed by atoms with Crippen molar-refractivity contribution in [1.29, 1.82) is 0 Å². The SMILES string of the molecule is O=[13C]([O-])[O-].[Li+].[Li+]. The second kappa shape index (κ2) is 9.07. The van der Waals surface area contributed by atoms with Crippen LogP contribution in [-0.2, 0) is 0 Å². The van der Waals surface area contributed by atoms with Crippen molar-refractivity contribution in [2.24, 2.45) is 0 Å². The Morgan fingerprint density at radius 2 is 1.17 bits per heavy atom. The van der Waals surface area contributed by atoms with E-state index in [0.29, 0.717) is 0 Å². The van der Waals surface area contributed by atoms with Gasteiger partial charge in [-0.15, -0.1) is 0 Å². The zero-order chi connectivity index (χ0) is 3.58. The van der Waals surface area contributed by atoms with Crippen molar-refractivity contribution in [3.63, 3.8) is 0 Å². The van der Waals surface area contributed by atoms with E-state index in [-0.39, 0.29) is 37.7 Å². The Kier molecular flexibility index (Phi) is 24.3. The second-order valence-corrected chi connectivity index (χ2v) is 0.250. The number of carboxylic acid groups (broad SMARTS) is 2. The fourth-order valence-electron chi connectivity index (χ4n) is 0. The molecule has 6 heavy (non-hydrogen) atoms. The quantitative estimate of drug-likeness (QED) is 0.212. The summed E-state index contributed by atoms with van der Waals surface area (Å²) in [5.74, 6) is 0. The first-order chi connectivity index (χ1) is 1.73. The van der Waals surface area contributed by atoms with Gasteiger partial charge in [0.2, 0.25) is 0 Å². The molecule has 0 aromatic heterocycles. The molecule has 0 spiro atoms. The molecule has 0 aliphatic carbocycles. The number of rotatable bonds is 0. The van der Waals surface area contributed by atoms with Gasteiger partial charge < -0.3 is 15.0 Å². The predicted octanol–water partition coefficient (Wildman–Crippen LogP) is -8.44. The molecule has 0 amide bonds. The average molecular weight is 74.9 g/mol. The number of carbonyl (C=O) groups excluding carboxylic acids is 1. The summed E-state index contributed by atoms with van der Waals surface area (Å²) >= 11 is 0. The van der Waals surface area contributed by atoms with Crippen molar-refractivity contribution in [2.75, 3.05) is 0 Å². The third kappa shape index (κ3) is 248. The van der Waals surface area contributed by atoms with Crippen molar-refractivity contribution in [3.8, 4) is 0 Å². The Bertz CT molecular complexity index is 31.8. The van der Waals surface area contributed by atoms with Gasteiger partial charge in [0.25, 0.3) is 0 Å². The van der Waals surface area contributed by atoms with Gasteiger partial charge in [-0.05, 0) is 6.16 Å². The van der Waals surface area contributed by atoms with Gasteiger partial charge in [-0.2, -0.15) is 0 Å². The summed E-state index contributed by atoms with van der Waals surface area (Å²) in [6, 6.07) is 0. The van der Waals surface area contributed by atoms with E-state index < -0.39 is 6.16 Å². The van der Waals surface area contributed by atoms with Crippen LogP contribution >= 0.6 is 0 Å². The van der Waals surface area contributed by atoms with E-state index in [2.05, 4.69) is 0 Å². The summed E-state index contributed by atoms with van der Waals surface area (Å²) in [6.07, 6.45) is -2.33. The largest absolute Gasteiger partial charge is 1.00 e. The minimum absolute atomic E-state index is 0. The molecule has 0 aliphatic rings. The summed E-state index contributed by atoms with van der Waals surface area (Å²) < 4.78 is 0. The average Bonchev–Trinajstić information content (AvgIpc) is 0.811. The molecule has 0 atom stereocenters. The first-order valence-electron chi connectivity index (χ1n) is 0.612. The molecular formula is CLi2O3. The predicted molar refractivity (Wildman–Crippen MR) is 5.40 cm³/mol. The third-order valence-electron chi connectivity index (χ3n) is 0. The van der Waals surface area contributed by atoms with Crippen molar-refractivity contribution >= 4 is 6.16 Å². The van der Waals surface area contributed by atoms with E-state index in [1.165, 1.54) is 0 Å². The summed E-state index contributed by atoms with van der Waals surface area (Å²) in [6.45, 7) is 0. The molecule has 0 aromatic carbocycles. The monoisotopic (exact) mass is 75.0 g/mol. The van der Waals surface area contributed by atoms with Crippen LogP contribution in [0.2, 0.25) is 0 Å². The summed E-state index contributed by atoms with van der Waals surface area (Å²) in [4.78, 5) is 8.33. The maximum atomic E-state index is 8.33. The van der Waals surface area contributed by atoms with Crippen LogP contribution in [0.3, 0.4) is 0 Å². The first kappa shape index (κ1) is 16.1. The molecule has 0 rings (SSSR count). The second-order valence-electron chi connectivity index (χ2n) is 0.250. The Morgan fingerprint density at radius 1 is 1.17 bits per heavy atom. The molecule has 0 saturated carbocycles. The van der Waals surface area contributed by atoms with E-state index in [1.54, 1.807) is 0 Å². The maximum absolute atomic E-state index is 8.33. The van der Waals surface area contributed by atoms with Crippen LogP contribution in [0.25, 0.3) is 0 Å². The molecule has 24 valence electrons. The van der Waals surface area contributed by atoms with E-state index in [1.807, 2.05) is 0 Å². The maximum Gasteiger partial charge on any atom is 1.00 e. The van der Waals surface area contributed by atoms with Crippen LogP contribution in [0.1, 0.15) is 0 Å². The molecule has 0 N–H and O–H groups in total. The zero-order valence-corrected chi connectivity index (χ0v) is 3.72. The molecule has 5 heteroatoms. The van der Waals surface area contributed by atoms with Gasteiger partial charge in [0.1, 0.15) is 0 Å². The summed E-state index contributed by atoms with van der Waals surface area (Å²) in [7, 11) is 0. The zero-order valence-electron chi connectivity index (χ0n) is 3.72. The molecular weight excluding hydrogens is 74.9 g/mol. The van der Waals surface area contributed by atoms with Crippen molar-refractivity contribution in [3.05, 3.63) is 0 Å². The van der Waals surface area contributed by atoms with Gasteiger partial charge in [-0.1, -0.05) is 0 Å². The van der Waals surface area contributed by atoms with Gasteiger partial charge in [-0.25, -0.2) is 0 Å². The Balaban J connectivity index is -0.0000000450.